The Morgan fingerprint density at radius 1 is 1.00 bits per heavy atom. The van der Waals surface area contributed by atoms with Crippen molar-refractivity contribution in [1.82, 2.24) is 4.90 Å². The van der Waals surface area contributed by atoms with Gasteiger partial charge in [-0.05, 0) is 43.5 Å². The van der Waals surface area contributed by atoms with Crippen LogP contribution in [0.2, 0.25) is 0 Å². The van der Waals surface area contributed by atoms with Crippen molar-refractivity contribution in [1.29, 1.82) is 0 Å². The van der Waals surface area contributed by atoms with Crippen LogP contribution in [-0.2, 0) is 4.79 Å². The number of rotatable bonds is 4. The molecule has 2 N–H and O–H groups in total. The number of nitrogens with one attached hydrogen (secondary N) is 2. The van der Waals surface area contributed by atoms with Crippen molar-refractivity contribution in [3.8, 4) is 0 Å². The Morgan fingerprint density at radius 2 is 1.72 bits per heavy atom. The molecule has 2 unspecified atom stereocenters. The summed E-state index contributed by atoms with van der Waals surface area (Å²) in [7, 11) is 0. The summed E-state index contributed by atoms with van der Waals surface area (Å²) in [6.45, 7) is 1.57. The monoisotopic (exact) mass is 339 g/mol. The summed E-state index contributed by atoms with van der Waals surface area (Å²) in [4.78, 5) is 26.6. The predicted octanol–water partition coefficient (Wildman–Crippen LogP) is 3.65. The van der Waals surface area contributed by atoms with Gasteiger partial charge in [-0.1, -0.05) is 12.1 Å². The van der Waals surface area contributed by atoms with Crippen LogP contribution in [0.5, 0.6) is 0 Å². The van der Waals surface area contributed by atoms with E-state index < -0.39 is 0 Å². The minimum atomic E-state index is -0.112. The minimum Gasteiger partial charge on any atom is -0.469 e. The number of urea groups is 1. The van der Waals surface area contributed by atoms with E-state index in [9.17, 15) is 9.59 Å². The molecule has 3 amide bonds. The van der Waals surface area contributed by atoms with Crippen LogP contribution >= 0.6 is 0 Å². The predicted molar refractivity (Wildman–Crippen MR) is 94.5 cm³/mol. The van der Waals surface area contributed by atoms with E-state index >= 15 is 0 Å². The number of anilines is 2. The zero-order chi connectivity index (χ0) is 17.2. The topological polar surface area (TPSA) is 74.6 Å². The van der Waals surface area contributed by atoms with Crippen LogP contribution in [0.15, 0.2) is 47.1 Å². The Kier molecular flexibility index (Phi) is 4.17. The second-order valence-electron chi connectivity index (χ2n) is 6.62. The Morgan fingerprint density at radius 3 is 2.40 bits per heavy atom. The van der Waals surface area contributed by atoms with Crippen molar-refractivity contribution in [2.75, 3.05) is 23.7 Å². The zero-order valence-corrected chi connectivity index (χ0v) is 13.9. The van der Waals surface area contributed by atoms with E-state index in [2.05, 4.69) is 10.6 Å². The lowest BCUT2D eigenvalue weighted by Crippen LogP contribution is -2.32. The van der Waals surface area contributed by atoms with Crippen LogP contribution in [0.25, 0.3) is 0 Å². The van der Waals surface area contributed by atoms with E-state index in [0.717, 1.165) is 38.1 Å². The SMILES string of the molecule is O=C(Nc1ccccc1NC(=O)N1CCCC1)C1CC1c1ccco1. The average molecular weight is 339 g/mol. The van der Waals surface area contributed by atoms with Crippen molar-refractivity contribution in [2.45, 2.75) is 25.2 Å². The number of likely N-dealkylation sites (tertiary alicyclic amines) is 1. The molecule has 1 aliphatic carbocycles. The quantitative estimate of drug-likeness (QED) is 0.893. The number of carbonyl (C=O) groups excluding carboxylic acids is 2. The normalized spacial score (nSPS) is 21.8. The summed E-state index contributed by atoms with van der Waals surface area (Å²) < 4.78 is 5.38. The molecular formula is C19H21N3O3. The Hall–Kier alpha value is -2.76. The van der Waals surface area contributed by atoms with Crippen LogP contribution < -0.4 is 10.6 Å². The molecule has 1 aromatic heterocycles. The molecule has 0 bridgehead atoms. The molecule has 2 aliphatic rings. The molecule has 130 valence electrons. The molecule has 2 atom stereocenters. The second kappa shape index (κ2) is 6.63. The first kappa shape index (κ1) is 15.7. The Bertz CT molecular complexity index is 766. The van der Waals surface area contributed by atoms with Crippen molar-refractivity contribution in [2.24, 2.45) is 5.92 Å². The van der Waals surface area contributed by atoms with E-state index in [1.54, 1.807) is 17.2 Å². The summed E-state index contributed by atoms with van der Waals surface area (Å²) in [5, 5.41) is 5.86. The van der Waals surface area contributed by atoms with Crippen molar-refractivity contribution >= 4 is 23.3 Å². The molecule has 1 saturated heterocycles. The van der Waals surface area contributed by atoms with Gasteiger partial charge in [-0.2, -0.15) is 0 Å². The maximum absolute atomic E-state index is 12.5. The van der Waals surface area contributed by atoms with E-state index in [1.165, 1.54) is 0 Å². The lowest BCUT2D eigenvalue weighted by atomic mass is 10.2. The van der Waals surface area contributed by atoms with Gasteiger partial charge in [0.25, 0.3) is 0 Å². The van der Waals surface area contributed by atoms with Crippen LogP contribution in [0.1, 0.15) is 30.9 Å². The van der Waals surface area contributed by atoms with Gasteiger partial charge in [0.2, 0.25) is 5.91 Å². The first-order valence-corrected chi connectivity index (χ1v) is 8.71. The first-order chi connectivity index (χ1) is 12.2. The molecule has 1 aliphatic heterocycles. The van der Waals surface area contributed by atoms with Crippen molar-refractivity contribution < 1.29 is 14.0 Å². The van der Waals surface area contributed by atoms with E-state index in [-0.39, 0.29) is 23.8 Å². The molecule has 4 rings (SSSR count). The summed E-state index contributed by atoms with van der Waals surface area (Å²) in [5.74, 6) is 0.898. The third-order valence-electron chi connectivity index (χ3n) is 4.86. The van der Waals surface area contributed by atoms with Crippen molar-refractivity contribution in [3.05, 3.63) is 48.4 Å². The fourth-order valence-corrected chi connectivity index (χ4v) is 3.34. The number of para-hydroxylation sites is 2. The summed E-state index contributed by atoms with van der Waals surface area (Å²) in [6.07, 6.45) is 4.51. The van der Waals surface area contributed by atoms with Crippen LogP contribution in [0, 0.1) is 5.92 Å². The lowest BCUT2D eigenvalue weighted by molar-refractivity contribution is -0.117. The molecular weight excluding hydrogens is 318 g/mol. The minimum absolute atomic E-state index is 0.0377. The summed E-state index contributed by atoms with van der Waals surface area (Å²) in [6, 6.07) is 10.9. The highest BCUT2D eigenvalue weighted by atomic mass is 16.3. The van der Waals surface area contributed by atoms with Gasteiger partial charge in [-0.3, -0.25) is 4.79 Å². The molecule has 1 saturated carbocycles. The third-order valence-corrected chi connectivity index (χ3v) is 4.86. The van der Waals surface area contributed by atoms with Gasteiger partial charge in [-0.25, -0.2) is 4.79 Å². The van der Waals surface area contributed by atoms with Gasteiger partial charge >= 0.3 is 6.03 Å². The number of nitrogens with zero attached hydrogens (tertiary/aromatic N) is 1. The summed E-state index contributed by atoms with van der Waals surface area (Å²) in [5.41, 5.74) is 1.26. The van der Waals surface area contributed by atoms with Crippen molar-refractivity contribution in [3.63, 3.8) is 0 Å². The Balaban J connectivity index is 1.41. The van der Waals surface area contributed by atoms with Gasteiger partial charge in [0.1, 0.15) is 5.76 Å². The maximum atomic E-state index is 12.5. The lowest BCUT2D eigenvalue weighted by Gasteiger charge is -2.18. The molecule has 1 aromatic carbocycles. The Labute approximate surface area is 146 Å². The molecule has 2 aromatic rings. The van der Waals surface area contributed by atoms with Crippen LogP contribution in [0.3, 0.4) is 0 Å². The number of hydrogen-bond acceptors (Lipinski definition) is 3. The average Bonchev–Trinajstić information content (AvgIpc) is 3.05. The van der Waals surface area contributed by atoms with Gasteiger partial charge in [-0.15, -0.1) is 0 Å². The second-order valence-corrected chi connectivity index (χ2v) is 6.62. The van der Waals surface area contributed by atoms with Gasteiger partial charge in [0.15, 0.2) is 0 Å². The number of amides is 3. The summed E-state index contributed by atoms with van der Waals surface area (Å²) >= 11 is 0. The number of hydrogen-bond donors (Lipinski definition) is 2. The van der Waals surface area contributed by atoms with Crippen LogP contribution in [0.4, 0.5) is 16.2 Å². The molecule has 0 radical (unpaired) electrons. The number of carbonyl (C=O) groups is 2. The molecule has 6 nitrogen and oxygen atoms in total. The number of furan rings is 1. The fraction of sp³-hybridized carbons (Fsp3) is 0.368. The van der Waals surface area contributed by atoms with E-state index in [4.69, 9.17) is 4.42 Å². The van der Waals surface area contributed by atoms with E-state index in [0.29, 0.717) is 11.4 Å². The van der Waals surface area contributed by atoms with Gasteiger partial charge in [0.05, 0.1) is 17.6 Å². The fourth-order valence-electron chi connectivity index (χ4n) is 3.34. The van der Waals surface area contributed by atoms with Crippen LogP contribution in [-0.4, -0.2) is 29.9 Å². The maximum Gasteiger partial charge on any atom is 0.321 e. The molecule has 2 fully saturated rings. The highest BCUT2D eigenvalue weighted by Crippen LogP contribution is 2.48. The first-order valence-electron chi connectivity index (χ1n) is 8.71. The molecule has 2 heterocycles. The van der Waals surface area contributed by atoms with Gasteiger partial charge in [0, 0.05) is 24.9 Å². The third kappa shape index (κ3) is 3.38. The molecule has 25 heavy (non-hydrogen) atoms. The molecule has 6 heteroatoms. The smallest absolute Gasteiger partial charge is 0.321 e. The largest absolute Gasteiger partial charge is 0.469 e. The zero-order valence-electron chi connectivity index (χ0n) is 13.9. The molecule has 0 spiro atoms. The highest BCUT2D eigenvalue weighted by Gasteiger charge is 2.45. The van der Waals surface area contributed by atoms with E-state index in [1.807, 2.05) is 30.3 Å². The van der Waals surface area contributed by atoms with Gasteiger partial charge < -0.3 is 20.0 Å². The number of benzene rings is 1. The highest BCUT2D eigenvalue weighted by molar-refractivity contribution is 6.01. The standard InChI is InChI=1S/C19H21N3O3/c23-18(14-12-13(14)17-8-5-11-25-17)20-15-6-1-2-7-16(15)21-19(24)22-9-3-4-10-22/h1-2,5-8,11,13-14H,3-4,9-10,12H2,(H,20,23)(H,21,24).